The second-order valence-electron chi connectivity index (χ2n) is 3.40. The molecule has 0 atom stereocenters. The van der Waals surface area contributed by atoms with Gasteiger partial charge in [-0.15, -0.1) is 0 Å². The minimum atomic E-state index is -0.141. The van der Waals surface area contributed by atoms with Crippen LogP contribution in [0.2, 0.25) is 0 Å². The lowest BCUT2D eigenvalue weighted by Crippen LogP contribution is -1.91. The Hall–Kier alpha value is -1.15. The second-order valence-corrected chi connectivity index (χ2v) is 4.31. The van der Waals surface area contributed by atoms with Gasteiger partial charge >= 0.3 is 0 Å². The summed E-state index contributed by atoms with van der Waals surface area (Å²) in [6, 6.07) is 14.8. The molecule has 0 bridgehead atoms. The summed E-state index contributed by atoms with van der Waals surface area (Å²) in [7, 11) is 0. The van der Waals surface area contributed by atoms with Crippen LogP contribution in [0, 0.1) is 5.82 Å². The minimum Gasteiger partial charge on any atom is -0.207 e. The van der Waals surface area contributed by atoms with Crippen LogP contribution in [0.15, 0.2) is 53.0 Å². The number of halogens is 2. The molecule has 76 valence electrons. The number of rotatable bonds is 2. The van der Waals surface area contributed by atoms with E-state index >= 15 is 0 Å². The van der Waals surface area contributed by atoms with Crippen LogP contribution < -0.4 is 0 Å². The van der Waals surface area contributed by atoms with Crippen LogP contribution in [0.25, 0.3) is 0 Å². The van der Waals surface area contributed by atoms with Crippen molar-refractivity contribution in [2.24, 2.45) is 0 Å². The van der Waals surface area contributed by atoms with Crippen molar-refractivity contribution < 1.29 is 4.39 Å². The fourth-order valence-corrected chi connectivity index (χ4v) is 1.96. The summed E-state index contributed by atoms with van der Waals surface area (Å²) in [5.74, 6) is -0.141. The lowest BCUT2D eigenvalue weighted by atomic mass is 10.0. The van der Waals surface area contributed by atoms with Crippen LogP contribution in [0.3, 0.4) is 0 Å². The first kappa shape index (κ1) is 10.4. The molecule has 0 amide bonds. The predicted octanol–water partition coefficient (Wildman–Crippen LogP) is 4.18. The normalized spacial score (nSPS) is 10.3. The lowest BCUT2D eigenvalue weighted by molar-refractivity contribution is 0.614. The summed E-state index contributed by atoms with van der Waals surface area (Å²) in [4.78, 5) is 0. The van der Waals surface area contributed by atoms with Gasteiger partial charge in [0.2, 0.25) is 0 Å². The maximum absolute atomic E-state index is 13.4. The summed E-state index contributed by atoms with van der Waals surface area (Å²) >= 11 is 3.40. The Morgan fingerprint density at radius 2 is 1.80 bits per heavy atom. The smallest absolute Gasteiger partial charge is 0.126 e. The van der Waals surface area contributed by atoms with Gasteiger partial charge in [-0.05, 0) is 29.3 Å². The molecular formula is C13H10BrF. The van der Waals surface area contributed by atoms with Crippen LogP contribution in [-0.2, 0) is 6.42 Å². The van der Waals surface area contributed by atoms with Crippen LogP contribution >= 0.6 is 15.9 Å². The highest BCUT2D eigenvalue weighted by Crippen LogP contribution is 2.16. The van der Waals surface area contributed by atoms with Gasteiger partial charge in [0.1, 0.15) is 5.82 Å². The van der Waals surface area contributed by atoms with Gasteiger partial charge < -0.3 is 0 Å². The van der Waals surface area contributed by atoms with E-state index in [1.165, 1.54) is 6.07 Å². The van der Waals surface area contributed by atoms with Crippen molar-refractivity contribution in [2.45, 2.75) is 6.42 Å². The zero-order valence-corrected chi connectivity index (χ0v) is 9.67. The SMILES string of the molecule is Fc1ccccc1Cc1cccc(Br)c1. The van der Waals surface area contributed by atoms with Crippen LogP contribution in [-0.4, -0.2) is 0 Å². The van der Waals surface area contributed by atoms with E-state index in [0.29, 0.717) is 6.42 Å². The van der Waals surface area contributed by atoms with E-state index in [4.69, 9.17) is 0 Å². The molecule has 0 spiro atoms. The molecule has 0 fully saturated rings. The Balaban J connectivity index is 2.26. The largest absolute Gasteiger partial charge is 0.207 e. The van der Waals surface area contributed by atoms with Crippen molar-refractivity contribution in [3.8, 4) is 0 Å². The maximum Gasteiger partial charge on any atom is 0.126 e. The van der Waals surface area contributed by atoms with Crippen molar-refractivity contribution in [2.75, 3.05) is 0 Å². The van der Waals surface area contributed by atoms with Crippen molar-refractivity contribution in [3.63, 3.8) is 0 Å². The Morgan fingerprint density at radius 1 is 1.00 bits per heavy atom. The number of hydrogen-bond donors (Lipinski definition) is 0. The fourth-order valence-electron chi connectivity index (χ4n) is 1.51. The standard InChI is InChI=1S/C13H10BrF/c14-12-6-3-4-10(9-12)8-11-5-1-2-7-13(11)15/h1-7,9H,8H2. The minimum absolute atomic E-state index is 0.141. The molecule has 0 saturated heterocycles. The van der Waals surface area contributed by atoms with Crippen molar-refractivity contribution in [3.05, 3.63) is 69.9 Å². The van der Waals surface area contributed by atoms with Crippen molar-refractivity contribution >= 4 is 15.9 Å². The van der Waals surface area contributed by atoms with Gasteiger partial charge in [0, 0.05) is 10.9 Å². The molecule has 0 aliphatic rings. The molecule has 0 unspecified atom stereocenters. The van der Waals surface area contributed by atoms with E-state index in [-0.39, 0.29) is 5.82 Å². The zero-order chi connectivity index (χ0) is 10.7. The Labute approximate surface area is 96.9 Å². The Morgan fingerprint density at radius 3 is 2.53 bits per heavy atom. The summed E-state index contributed by atoms with van der Waals surface area (Å²) < 4.78 is 14.4. The zero-order valence-electron chi connectivity index (χ0n) is 8.08. The van der Waals surface area contributed by atoms with Gasteiger partial charge in [-0.1, -0.05) is 46.3 Å². The number of benzene rings is 2. The van der Waals surface area contributed by atoms with Crippen molar-refractivity contribution in [1.82, 2.24) is 0 Å². The molecule has 0 aromatic heterocycles. The average Bonchev–Trinajstić information content (AvgIpc) is 2.22. The molecule has 0 N–H and O–H groups in total. The average molecular weight is 265 g/mol. The molecule has 2 heteroatoms. The molecule has 2 aromatic rings. The maximum atomic E-state index is 13.4. The first-order valence-corrected chi connectivity index (χ1v) is 5.53. The predicted molar refractivity (Wildman–Crippen MR) is 63.3 cm³/mol. The van der Waals surface area contributed by atoms with Gasteiger partial charge in [-0.2, -0.15) is 0 Å². The quantitative estimate of drug-likeness (QED) is 0.764. The molecule has 0 radical (unpaired) electrons. The molecule has 2 rings (SSSR count). The highest BCUT2D eigenvalue weighted by Gasteiger charge is 2.01. The van der Waals surface area contributed by atoms with Gasteiger partial charge in [0.25, 0.3) is 0 Å². The fraction of sp³-hybridized carbons (Fsp3) is 0.0769. The topological polar surface area (TPSA) is 0 Å². The monoisotopic (exact) mass is 264 g/mol. The Kier molecular flexibility index (Phi) is 3.17. The third-order valence-electron chi connectivity index (χ3n) is 2.24. The first-order valence-electron chi connectivity index (χ1n) is 4.73. The van der Waals surface area contributed by atoms with Gasteiger partial charge in [-0.25, -0.2) is 4.39 Å². The van der Waals surface area contributed by atoms with E-state index in [2.05, 4.69) is 15.9 Å². The molecule has 0 heterocycles. The highest BCUT2D eigenvalue weighted by atomic mass is 79.9. The van der Waals surface area contributed by atoms with E-state index in [9.17, 15) is 4.39 Å². The highest BCUT2D eigenvalue weighted by molar-refractivity contribution is 9.10. The molecule has 0 aliphatic heterocycles. The summed E-state index contributed by atoms with van der Waals surface area (Å²) in [6.45, 7) is 0. The molecule has 15 heavy (non-hydrogen) atoms. The number of hydrogen-bond acceptors (Lipinski definition) is 0. The summed E-state index contributed by atoms with van der Waals surface area (Å²) in [6.07, 6.45) is 0.631. The summed E-state index contributed by atoms with van der Waals surface area (Å²) in [5, 5.41) is 0. The van der Waals surface area contributed by atoms with Gasteiger partial charge in [0.15, 0.2) is 0 Å². The molecular weight excluding hydrogens is 255 g/mol. The van der Waals surface area contributed by atoms with Crippen LogP contribution in [0.5, 0.6) is 0 Å². The van der Waals surface area contributed by atoms with E-state index < -0.39 is 0 Å². The van der Waals surface area contributed by atoms with Gasteiger partial charge in [0.05, 0.1) is 0 Å². The van der Waals surface area contributed by atoms with E-state index in [1.807, 2.05) is 36.4 Å². The van der Waals surface area contributed by atoms with Crippen LogP contribution in [0.1, 0.15) is 11.1 Å². The van der Waals surface area contributed by atoms with E-state index in [1.54, 1.807) is 6.07 Å². The van der Waals surface area contributed by atoms with E-state index in [0.717, 1.165) is 15.6 Å². The molecule has 0 saturated carbocycles. The first-order chi connectivity index (χ1) is 7.25. The third kappa shape index (κ3) is 2.66. The third-order valence-corrected chi connectivity index (χ3v) is 2.73. The Bertz CT molecular complexity index is 466. The molecule has 2 aromatic carbocycles. The van der Waals surface area contributed by atoms with Gasteiger partial charge in [-0.3, -0.25) is 0 Å². The molecule has 0 nitrogen and oxygen atoms in total. The molecule has 0 aliphatic carbocycles. The lowest BCUT2D eigenvalue weighted by Gasteiger charge is -2.03. The van der Waals surface area contributed by atoms with Crippen LogP contribution in [0.4, 0.5) is 4.39 Å². The summed E-state index contributed by atoms with van der Waals surface area (Å²) in [5.41, 5.74) is 1.84. The van der Waals surface area contributed by atoms with Crippen molar-refractivity contribution in [1.29, 1.82) is 0 Å². The second kappa shape index (κ2) is 4.58.